The molecule has 0 aromatic carbocycles. The third-order valence-electron chi connectivity index (χ3n) is 7.64. The van der Waals surface area contributed by atoms with Gasteiger partial charge in [-0.1, -0.05) is 6.92 Å². The topological polar surface area (TPSA) is 158 Å². The Balaban J connectivity index is 1.25. The summed E-state index contributed by atoms with van der Waals surface area (Å²) in [4.78, 5) is 58.5. The number of nitrogens with zero attached hydrogens (tertiary/aromatic N) is 3. The summed E-state index contributed by atoms with van der Waals surface area (Å²) in [5, 5.41) is 15.7. The first kappa shape index (κ1) is 26.8. The fraction of sp³-hybridized carbons (Fsp3) is 0.609. The molecule has 3 amide bonds. The number of carboxylic acid groups (broad SMARTS) is 1. The van der Waals surface area contributed by atoms with Gasteiger partial charge in [0, 0.05) is 46.5 Å². The zero-order valence-corrected chi connectivity index (χ0v) is 22.3. The van der Waals surface area contributed by atoms with Gasteiger partial charge in [-0.15, -0.1) is 23.1 Å². The smallest absolute Gasteiger partial charge is 0.353 e. The second kappa shape index (κ2) is 10.1. The Labute approximate surface area is 225 Å². The van der Waals surface area contributed by atoms with Crippen LogP contribution in [0.1, 0.15) is 30.8 Å². The van der Waals surface area contributed by atoms with E-state index >= 15 is 0 Å². The number of nitrogens with one attached hydrogen (secondary N) is 2. The van der Waals surface area contributed by atoms with Crippen LogP contribution in [0, 0.1) is 11.8 Å². The van der Waals surface area contributed by atoms with Gasteiger partial charge in [0.1, 0.15) is 5.70 Å². The van der Waals surface area contributed by atoms with Crippen molar-refractivity contribution in [2.45, 2.75) is 63.0 Å². The van der Waals surface area contributed by atoms with E-state index < -0.39 is 48.3 Å². The zero-order chi connectivity index (χ0) is 27.5. The van der Waals surface area contributed by atoms with E-state index in [0.29, 0.717) is 42.5 Å². The predicted molar refractivity (Wildman–Crippen MR) is 135 cm³/mol. The number of amides is 3. The minimum absolute atomic E-state index is 0.0275. The maximum Gasteiger partial charge on any atom is 0.353 e. The zero-order valence-electron chi connectivity index (χ0n) is 20.6. The first-order chi connectivity index (χ1) is 18.0. The number of carboxylic acids is 1. The Morgan fingerprint density at radius 3 is 2.76 bits per heavy atom. The van der Waals surface area contributed by atoms with Gasteiger partial charge in [-0.3, -0.25) is 14.4 Å². The lowest BCUT2D eigenvalue weighted by Gasteiger charge is -2.47. The molecule has 5 rings (SSSR count). The Morgan fingerprint density at radius 2 is 2.08 bits per heavy atom. The van der Waals surface area contributed by atoms with Gasteiger partial charge in [-0.2, -0.15) is 8.78 Å². The fourth-order valence-corrected chi connectivity index (χ4v) is 8.23. The van der Waals surface area contributed by atoms with Crippen LogP contribution in [0.5, 0.6) is 0 Å². The Bertz CT molecular complexity index is 1220. The molecule has 0 radical (unpaired) electrons. The summed E-state index contributed by atoms with van der Waals surface area (Å²) in [5.41, 5.74) is 6.63. The van der Waals surface area contributed by atoms with E-state index in [1.165, 1.54) is 34.9 Å². The number of hydrogen-bond donors (Lipinski definition) is 4. The van der Waals surface area contributed by atoms with Crippen molar-refractivity contribution in [1.82, 2.24) is 25.4 Å². The van der Waals surface area contributed by atoms with Crippen LogP contribution < -0.4 is 16.4 Å². The molecule has 0 saturated carbocycles. The highest BCUT2D eigenvalue weighted by atomic mass is 32.2. The number of aliphatic carboxylic acids is 1. The SMILES string of the molecule is C[C@H]1C(S[C@@H]2CN[C@H](C(=O)N3CCc4nc(N)sc4C3)C2)=C(C(=O)O)N2C(=O)[C@H]([C@@H](C)NC(=O)C(F)F)C12. The average molecular weight is 571 g/mol. The van der Waals surface area contributed by atoms with Gasteiger partial charge in [-0.25, -0.2) is 9.78 Å². The number of nitrogen functional groups attached to an aromatic ring is 1. The number of alkyl halides is 2. The molecule has 5 heterocycles. The highest BCUT2D eigenvalue weighted by Gasteiger charge is 2.60. The molecular formula is C23H28F2N6O5S2. The average Bonchev–Trinajstić information content (AvgIpc) is 3.53. The van der Waals surface area contributed by atoms with E-state index in [-0.39, 0.29) is 22.8 Å². The molecular weight excluding hydrogens is 542 g/mol. The molecule has 4 aliphatic heterocycles. The van der Waals surface area contributed by atoms with E-state index in [1.54, 1.807) is 11.8 Å². The van der Waals surface area contributed by atoms with Gasteiger partial charge in [0.25, 0.3) is 5.91 Å². The number of nitrogens with two attached hydrogens (primary N) is 1. The molecule has 15 heteroatoms. The Kier molecular flexibility index (Phi) is 7.11. The second-order valence-corrected chi connectivity index (χ2v) is 12.5. The van der Waals surface area contributed by atoms with Crippen molar-refractivity contribution in [2.75, 3.05) is 18.8 Å². The molecule has 11 nitrogen and oxygen atoms in total. The van der Waals surface area contributed by atoms with Crippen LogP contribution in [-0.4, -0.2) is 86.5 Å². The Hall–Kier alpha value is -2.78. The summed E-state index contributed by atoms with van der Waals surface area (Å²) in [6, 6.07) is -1.84. The lowest BCUT2D eigenvalue weighted by Crippen LogP contribution is -2.66. The van der Waals surface area contributed by atoms with Crippen LogP contribution in [0.15, 0.2) is 10.6 Å². The number of rotatable bonds is 7. The fourth-order valence-electron chi connectivity index (χ4n) is 5.86. The number of anilines is 1. The summed E-state index contributed by atoms with van der Waals surface area (Å²) in [5.74, 6) is -4.42. The maximum atomic E-state index is 13.2. The third-order valence-corrected chi connectivity index (χ3v) is 10.1. The summed E-state index contributed by atoms with van der Waals surface area (Å²) >= 11 is 2.73. The van der Waals surface area contributed by atoms with Crippen molar-refractivity contribution in [1.29, 1.82) is 0 Å². The molecule has 0 spiro atoms. The number of β-lactam (4-membered cyclic amide) rings is 1. The third kappa shape index (κ3) is 4.53. The highest BCUT2D eigenvalue weighted by Crippen LogP contribution is 2.52. The molecule has 2 saturated heterocycles. The second-order valence-electron chi connectivity index (χ2n) is 10.00. The van der Waals surface area contributed by atoms with Crippen LogP contribution in [0.2, 0.25) is 0 Å². The van der Waals surface area contributed by atoms with E-state index in [9.17, 15) is 33.1 Å². The monoisotopic (exact) mass is 570 g/mol. The number of carbonyl (C=O) groups excluding carboxylic acids is 3. The highest BCUT2D eigenvalue weighted by molar-refractivity contribution is 8.03. The van der Waals surface area contributed by atoms with Crippen molar-refractivity contribution >= 4 is 51.9 Å². The lowest BCUT2D eigenvalue weighted by molar-refractivity contribution is -0.159. The van der Waals surface area contributed by atoms with Gasteiger partial charge in [-0.05, 0) is 13.3 Å². The van der Waals surface area contributed by atoms with Gasteiger partial charge in [0.2, 0.25) is 11.8 Å². The van der Waals surface area contributed by atoms with Gasteiger partial charge in [0.15, 0.2) is 5.13 Å². The molecule has 206 valence electrons. The largest absolute Gasteiger partial charge is 0.477 e. The number of hydrogen-bond acceptors (Lipinski definition) is 9. The number of aromatic nitrogens is 1. The molecule has 5 N–H and O–H groups in total. The number of thioether (sulfide) groups is 1. The van der Waals surface area contributed by atoms with E-state index in [0.717, 1.165) is 10.6 Å². The number of fused-ring (bicyclic) bond motifs is 2. The first-order valence-electron chi connectivity index (χ1n) is 12.3. The van der Waals surface area contributed by atoms with Crippen molar-refractivity contribution in [3.8, 4) is 0 Å². The molecule has 4 aliphatic rings. The molecule has 1 unspecified atom stereocenters. The lowest BCUT2D eigenvalue weighted by atomic mass is 9.78. The van der Waals surface area contributed by atoms with Gasteiger partial charge in [0.05, 0.1) is 30.2 Å². The van der Waals surface area contributed by atoms with E-state index in [4.69, 9.17) is 5.73 Å². The molecule has 1 aromatic rings. The van der Waals surface area contributed by atoms with Crippen LogP contribution in [0.3, 0.4) is 0 Å². The van der Waals surface area contributed by atoms with Crippen molar-refractivity contribution in [3.63, 3.8) is 0 Å². The van der Waals surface area contributed by atoms with E-state index in [1.807, 2.05) is 0 Å². The summed E-state index contributed by atoms with van der Waals surface area (Å²) in [6.45, 7) is 4.77. The normalized spacial score (nSPS) is 29.3. The minimum atomic E-state index is -3.21. The van der Waals surface area contributed by atoms with E-state index in [2.05, 4.69) is 15.6 Å². The molecule has 6 atom stereocenters. The quantitative estimate of drug-likeness (QED) is 0.345. The van der Waals surface area contributed by atoms with Crippen molar-refractivity contribution in [3.05, 3.63) is 21.2 Å². The van der Waals surface area contributed by atoms with Gasteiger partial charge < -0.3 is 31.3 Å². The molecule has 1 aromatic heterocycles. The van der Waals surface area contributed by atoms with Crippen LogP contribution in [0.25, 0.3) is 0 Å². The molecule has 2 fully saturated rings. The summed E-state index contributed by atoms with van der Waals surface area (Å²) in [6.07, 6.45) is -2.07. The summed E-state index contributed by atoms with van der Waals surface area (Å²) < 4.78 is 25.4. The number of thiazole rings is 1. The minimum Gasteiger partial charge on any atom is -0.477 e. The van der Waals surface area contributed by atoms with Crippen molar-refractivity contribution in [2.24, 2.45) is 11.8 Å². The molecule has 0 aliphatic carbocycles. The van der Waals surface area contributed by atoms with Gasteiger partial charge >= 0.3 is 12.4 Å². The van der Waals surface area contributed by atoms with Crippen LogP contribution >= 0.6 is 23.1 Å². The van der Waals surface area contributed by atoms with Crippen LogP contribution in [-0.2, 0) is 32.1 Å². The number of carbonyl (C=O) groups is 4. The molecule has 38 heavy (non-hydrogen) atoms. The van der Waals surface area contributed by atoms with Crippen molar-refractivity contribution < 1.29 is 33.1 Å². The molecule has 0 bridgehead atoms. The Morgan fingerprint density at radius 1 is 1.34 bits per heavy atom. The first-order valence-corrected chi connectivity index (χ1v) is 14.0. The maximum absolute atomic E-state index is 13.2. The van der Waals surface area contributed by atoms with Crippen LogP contribution in [0.4, 0.5) is 13.9 Å². The number of halogens is 2. The summed E-state index contributed by atoms with van der Waals surface area (Å²) in [7, 11) is 0. The predicted octanol–water partition coefficient (Wildman–Crippen LogP) is 0.616. The standard InChI is InChI=1S/C23H28F2N6O5S2/c1-8-15-14(9(2)28-19(32)18(24)25)21(34)31(15)16(22(35)36)17(8)37-10-5-12(27-6-10)20(33)30-4-3-11-13(7-30)38-23(26)29-11/h8-10,12,14-15,18,27H,3-7H2,1-2H3,(H2,26,29)(H,28,32)(H,35,36)/t8-,9-,10+,12+,14-,15?/m1/s1.